The summed E-state index contributed by atoms with van der Waals surface area (Å²) in [5, 5.41) is 12.3. The lowest BCUT2D eigenvalue weighted by atomic mass is 10.1. The van der Waals surface area contributed by atoms with Crippen LogP contribution in [0, 0.1) is 0 Å². The number of rotatable bonds is 7. The van der Waals surface area contributed by atoms with E-state index in [1.54, 1.807) is 11.3 Å². The average Bonchev–Trinajstić information content (AvgIpc) is 3.37. The Morgan fingerprint density at radius 3 is 2.96 bits per heavy atom. The Kier molecular flexibility index (Phi) is 6.38. The molecule has 26 heavy (non-hydrogen) atoms. The molecule has 0 fully saturated rings. The number of thiophene rings is 1. The maximum atomic E-state index is 4.79. The number of H-pyrrole nitrogens is 1. The van der Waals surface area contributed by atoms with Gasteiger partial charge in [0.2, 0.25) is 0 Å². The number of aromatic amines is 1. The zero-order valence-corrected chi connectivity index (χ0v) is 16.0. The summed E-state index contributed by atoms with van der Waals surface area (Å²) in [5.41, 5.74) is 2.16. The van der Waals surface area contributed by atoms with Crippen LogP contribution >= 0.6 is 11.3 Å². The first-order valence-corrected chi connectivity index (χ1v) is 9.60. The summed E-state index contributed by atoms with van der Waals surface area (Å²) in [7, 11) is 2.08. The Hall–Kier alpha value is -2.67. The Morgan fingerprint density at radius 2 is 2.23 bits per heavy atom. The Bertz CT molecular complexity index is 810. The third-order valence-corrected chi connectivity index (χ3v) is 4.93. The van der Waals surface area contributed by atoms with Gasteiger partial charge >= 0.3 is 0 Å². The standard InChI is InChI=1S/C19H24N6S/c1-3-20-19(25(2)10-9-17-8-5-11-26-17)21-13-15-6-4-7-16(12-15)18-22-14-23-24-18/h4-8,11-12,14H,3,9-10,13H2,1-2H3,(H,20,21)(H,22,23,24). The van der Waals surface area contributed by atoms with Crippen molar-refractivity contribution in [3.8, 4) is 11.4 Å². The van der Waals surface area contributed by atoms with Crippen LogP contribution in [-0.2, 0) is 13.0 Å². The quantitative estimate of drug-likeness (QED) is 0.496. The van der Waals surface area contributed by atoms with Crippen molar-refractivity contribution in [1.29, 1.82) is 0 Å². The van der Waals surface area contributed by atoms with E-state index in [1.807, 2.05) is 12.1 Å². The lowest BCUT2D eigenvalue weighted by Crippen LogP contribution is -2.39. The minimum absolute atomic E-state index is 0.619. The van der Waals surface area contributed by atoms with Gasteiger partial charge in [0.15, 0.2) is 11.8 Å². The third kappa shape index (κ3) is 4.92. The Balaban J connectivity index is 1.65. The van der Waals surface area contributed by atoms with Gasteiger partial charge in [-0.25, -0.2) is 9.98 Å². The molecule has 6 nitrogen and oxygen atoms in total. The maximum Gasteiger partial charge on any atom is 0.193 e. The zero-order valence-electron chi connectivity index (χ0n) is 15.1. The molecule has 0 radical (unpaired) electrons. The molecule has 3 rings (SSSR count). The molecule has 2 heterocycles. The van der Waals surface area contributed by atoms with Crippen LogP contribution in [0.3, 0.4) is 0 Å². The molecule has 2 N–H and O–H groups in total. The molecule has 2 aromatic heterocycles. The van der Waals surface area contributed by atoms with E-state index in [-0.39, 0.29) is 0 Å². The molecular formula is C19H24N6S. The van der Waals surface area contributed by atoms with Crippen LogP contribution in [0.25, 0.3) is 11.4 Å². The maximum absolute atomic E-state index is 4.79. The van der Waals surface area contributed by atoms with Crippen molar-refractivity contribution in [2.45, 2.75) is 19.9 Å². The number of nitrogens with zero attached hydrogens (tertiary/aromatic N) is 4. The monoisotopic (exact) mass is 368 g/mol. The van der Waals surface area contributed by atoms with Gasteiger partial charge in [-0.05, 0) is 36.4 Å². The predicted molar refractivity (Wildman–Crippen MR) is 107 cm³/mol. The molecule has 0 saturated heterocycles. The van der Waals surface area contributed by atoms with E-state index in [0.29, 0.717) is 6.54 Å². The first-order valence-electron chi connectivity index (χ1n) is 8.72. The third-order valence-electron chi connectivity index (χ3n) is 4.00. The van der Waals surface area contributed by atoms with Gasteiger partial charge in [-0.3, -0.25) is 5.10 Å². The van der Waals surface area contributed by atoms with Crippen molar-refractivity contribution in [1.82, 2.24) is 25.4 Å². The minimum atomic E-state index is 0.619. The molecule has 3 aromatic rings. The largest absolute Gasteiger partial charge is 0.357 e. The summed E-state index contributed by atoms with van der Waals surface area (Å²) in [5.74, 6) is 1.70. The lowest BCUT2D eigenvalue weighted by molar-refractivity contribution is 0.486. The number of benzene rings is 1. The highest BCUT2D eigenvalue weighted by Crippen LogP contribution is 2.16. The summed E-state index contributed by atoms with van der Waals surface area (Å²) < 4.78 is 0. The van der Waals surface area contributed by atoms with E-state index in [0.717, 1.165) is 42.4 Å². The summed E-state index contributed by atoms with van der Waals surface area (Å²) in [6.45, 7) is 4.49. The highest BCUT2D eigenvalue weighted by Gasteiger charge is 2.07. The second-order valence-electron chi connectivity index (χ2n) is 5.96. The molecule has 0 unspecified atom stereocenters. The van der Waals surface area contributed by atoms with Crippen LogP contribution in [0.2, 0.25) is 0 Å². The average molecular weight is 369 g/mol. The van der Waals surface area contributed by atoms with Gasteiger partial charge in [-0.2, -0.15) is 5.10 Å². The van der Waals surface area contributed by atoms with Gasteiger partial charge in [0.05, 0.1) is 6.54 Å². The number of likely N-dealkylation sites (N-methyl/N-ethyl adjacent to an activating group) is 1. The van der Waals surface area contributed by atoms with Gasteiger partial charge in [-0.15, -0.1) is 11.3 Å². The first-order chi connectivity index (χ1) is 12.8. The number of guanidine groups is 1. The van der Waals surface area contributed by atoms with E-state index < -0.39 is 0 Å². The van der Waals surface area contributed by atoms with Crippen molar-refractivity contribution in [2.75, 3.05) is 20.1 Å². The molecule has 0 aliphatic carbocycles. The highest BCUT2D eigenvalue weighted by molar-refractivity contribution is 7.09. The van der Waals surface area contributed by atoms with Crippen molar-refractivity contribution in [3.63, 3.8) is 0 Å². The highest BCUT2D eigenvalue weighted by atomic mass is 32.1. The number of aromatic nitrogens is 3. The van der Waals surface area contributed by atoms with Crippen LogP contribution in [-0.4, -0.2) is 46.2 Å². The molecule has 1 aromatic carbocycles. The second-order valence-corrected chi connectivity index (χ2v) is 6.99. The van der Waals surface area contributed by atoms with E-state index in [1.165, 1.54) is 11.2 Å². The van der Waals surface area contributed by atoms with Gasteiger partial charge in [0.1, 0.15) is 6.33 Å². The molecule has 0 aliphatic rings. The summed E-state index contributed by atoms with van der Waals surface area (Å²) >= 11 is 1.80. The zero-order chi connectivity index (χ0) is 18.2. The number of hydrogen-bond acceptors (Lipinski definition) is 4. The van der Waals surface area contributed by atoms with Crippen LogP contribution in [0.15, 0.2) is 53.1 Å². The molecule has 136 valence electrons. The molecule has 0 amide bonds. The van der Waals surface area contributed by atoms with E-state index in [4.69, 9.17) is 4.99 Å². The van der Waals surface area contributed by atoms with Crippen molar-refractivity contribution >= 4 is 17.3 Å². The number of nitrogens with one attached hydrogen (secondary N) is 2. The van der Waals surface area contributed by atoms with Gasteiger partial charge in [0, 0.05) is 30.6 Å². The first kappa shape index (κ1) is 18.1. The number of aliphatic imine (C=N–C) groups is 1. The van der Waals surface area contributed by atoms with Crippen molar-refractivity contribution in [2.24, 2.45) is 4.99 Å². The fourth-order valence-corrected chi connectivity index (χ4v) is 3.33. The fourth-order valence-electron chi connectivity index (χ4n) is 2.64. The second kappa shape index (κ2) is 9.15. The van der Waals surface area contributed by atoms with Crippen LogP contribution in [0.5, 0.6) is 0 Å². The Labute approximate surface area is 158 Å². The molecule has 0 saturated carbocycles. The summed E-state index contributed by atoms with van der Waals surface area (Å²) in [6.07, 6.45) is 2.55. The molecule has 7 heteroatoms. The van der Waals surface area contributed by atoms with E-state index in [2.05, 4.69) is 69.0 Å². The molecule has 0 spiro atoms. The van der Waals surface area contributed by atoms with Crippen LogP contribution < -0.4 is 5.32 Å². The normalized spacial score (nSPS) is 11.5. The topological polar surface area (TPSA) is 69.2 Å². The summed E-state index contributed by atoms with van der Waals surface area (Å²) in [6, 6.07) is 12.5. The van der Waals surface area contributed by atoms with Crippen LogP contribution in [0.4, 0.5) is 0 Å². The van der Waals surface area contributed by atoms with Crippen molar-refractivity contribution in [3.05, 3.63) is 58.5 Å². The van der Waals surface area contributed by atoms with Gasteiger partial charge in [0.25, 0.3) is 0 Å². The molecule has 0 aliphatic heterocycles. The lowest BCUT2D eigenvalue weighted by Gasteiger charge is -2.21. The van der Waals surface area contributed by atoms with E-state index in [9.17, 15) is 0 Å². The molecular weight excluding hydrogens is 344 g/mol. The van der Waals surface area contributed by atoms with E-state index >= 15 is 0 Å². The van der Waals surface area contributed by atoms with Crippen molar-refractivity contribution < 1.29 is 0 Å². The van der Waals surface area contributed by atoms with Gasteiger partial charge in [-0.1, -0.05) is 24.3 Å². The SMILES string of the molecule is CCNC(=NCc1cccc(-c2ncn[nH]2)c1)N(C)CCc1cccs1. The van der Waals surface area contributed by atoms with Gasteiger partial charge < -0.3 is 10.2 Å². The predicted octanol–water partition coefficient (Wildman–Crippen LogP) is 3.17. The Morgan fingerprint density at radius 1 is 1.31 bits per heavy atom. The number of hydrogen-bond donors (Lipinski definition) is 2. The molecule has 0 atom stereocenters. The molecule has 0 bridgehead atoms. The summed E-state index contributed by atoms with van der Waals surface area (Å²) in [4.78, 5) is 12.6. The fraction of sp³-hybridized carbons (Fsp3) is 0.316. The van der Waals surface area contributed by atoms with Crippen LogP contribution in [0.1, 0.15) is 17.4 Å². The smallest absolute Gasteiger partial charge is 0.193 e. The minimum Gasteiger partial charge on any atom is -0.357 e.